The third-order valence-corrected chi connectivity index (χ3v) is 4.03. The Balaban J connectivity index is 1.81. The van der Waals surface area contributed by atoms with Crippen LogP contribution in [0.4, 0.5) is 11.6 Å². The van der Waals surface area contributed by atoms with Gasteiger partial charge in [-0.25, -0.2) is 9.97 Å². The molecule has 0 atom stereocenters. The molecule has 0 bridgehead atoms. The molecule has 7 heteroatoms. The summed E-state index contributed by atoms with van der Waals surface area (Å²) in [5, 5.41) is 4.82. The van der Waals surface area contributed by atoms with Crippen LogP contribution in [-0.4, -0.2) is 31.6 Å². The van der Waals surface area contributed by atoms with Crippen molar-refractivity contribution in [2.45, 2.75) is 0 Å². The van der Waals surface area contributed by atoms with E-state index in [4.69, 9.17) is 16.6 Å². The zero-order valence-corrected chi connectivity index (χ0v) is 13.6. The quantitative estimate of drug-likeness (QED) is 0.572. The van der Waals surface area contributed by atoms with Crippen molar-refractivity contribution in [2.24, 2.45) is 0 Å². The first kappa shape index (κ1) is 14.6. The van der Waals surface area contributed by atoms with Crippen LogP contribution in [0.1, 0.15) is 0 Å². The molecule has 0 fully saturated rings. The first-order valence-corrected chi connectivity index (χ1v) is 7.72. The molecule has 0 aliphatic heterocycles. The summed E-state index contributed by atoms with van der Waals surface area (Å²) in [5.41, 5.74) is 1.71. The zero-order chi connectivity index (χ0) is 16.5. The molecular weight excluding hydrogens is 324 g/mol. The molecule has 0 saturated heterocycles. The number of hydrogen-bond donors (Lipinski definition) is 0. The van der Waals surface area contributed by atoms with E-state index in [1.807, 2.05) is 60.5 Å². The number of halogens is 1. The lowest BCUT2D eigenvalue weighted by molar-refractivity contribution is 0.905. The molecule has 1 aromatic carbocycles. The number of fused-ring (bicyclic) bond motifs is 1. The van der Waals surface area contributed by atoms with Crippen molar-refractivity contribution >= 4 is 29.0 Å². The molecule has 0 saturated carbocycles. The van der Waals surface area contributed by atoms with Crippen molar-refractivity contribution in [1.29, 1.82) is 0 Å². The Bertz CT molecular complexity index is 998. The van der Waals surface area contributed by atoms with Gasteiger partial charge in [-0.05, 0) is 18.2 Å². The van der Waals surface area contributed by atoms with Crippen LogP contribution in [0.25, 0.3) is 17.0 Å². The smallest absolute Gasteiger partial charge is 0.254 e. The minimum absolute atomic E-state index is 0.539. The number of anilines is 2. The van der Waals surface area contributed by atoms with Gasteiger partial charge in [-0.2, -0.15) is 14.6 Å². The van der Waals surface area contributed by atoms with Crippen LogP contribution in [-0.2, 0) is 0 Å². The van der Waals surface area contributed by atoms with E-state index in [1.54, 1.807) is 10.7 Å². The highest BCUT2D eigenvalue weighted by Gasteiger charge is 2.13. The Kier molecular flexibility index (Phi) is 3.59. The van der Waals surface area contributed by atoms with Crippen LogP contribution in [0.5, 0.6) is 0 Å². The Labute approximate surface area is 143 Å². The fourth-order valence-electron chi connectivity index (χ4n) is 2.51. The monoisotopic (exact) mass is 336 g/mol. The van der Waals surface area contributed by atoms with Crippen molar-refractivity contribution < 1.29 is 0 Å². The van der Waals surface area contributed by atoms with E-state index >= 15 is 0 Å². The van der Waals surface area contributed by atoms with Gasteiger partial charge in [-0.3, -0.25) is 0 Å². The summed E-state index contributed by atoms with van der Waals surface area (Å²) in [6.45, 7) is 0. The van der Waals surface area contributed by atoms with Crippen molar-refractivity contribution in [2.75, 3.05) is 11.9 Å². The molecule has 0 unspecified atom stereocenters. The van der Waals surface area contributed by atoms with E-state index in [2.05, 4.69) is 15.1 Å². The fourth-order valence-corrected chi connectivity index (χ4v) is 2.73. The second-order valence-electron chi connectivity index (χ2n) is 5.20. The summed E-state index contributed by atoms with van der Waals surface area (Å²) in [4.78, 5) is 14.9. The molecule has 118 valence electrons. The topological polar surface area (TPSA) is 59.2 Å². The van der Waals surface area contributed by atoms with Gasteiger partial charge in [0, 0.05) is 18.8 Å². The molecule has 0 aliphatic carbocycles. The van der Waals surface area contributed by atoms with E-state index in [0.29, 0.717) is 10.8 Å². The molecule has 0 aliphatic rings. The highest BCUT2D eigenvalue weighted by molar-refractivity contribution is 6.33. The Morgan fingerprint density at radius 1 is 1.00 bits per heavy atom. The van der Waals surface area contributed by atoms with Crippen LogP contribution in [0.15, 0.2) is 61.1 Å². The molecule has 3 aromatic heterocycles. The number of hydrogen-bond acceptors (Lipinski definition) is 5. The van der Waals surface area contributed by atoms with Gasteiger partial charge in [0.05, 0.1) is 10.7 Å². The van der Waals surface area contributed by atoms with E-state index in [1.165, 1.54) is 6.33 Å². The Morgan fingerprint density at radius 3 is 2.67 bits per heavy atom. The van der Waals surface area contributed by atoms with Gasteiger partial charge in [0.1, 0.15) is 18.0 Å². The summed E-state index contributed by atoms with van der Waals surface area (Å²) in [6, 6.07) is 15.4. The highest BCUT2D eigenvalue weighted by atomic mass is 35.5. The lowest BCUT2D eigenvalue weighted by Crippen LogP contribution is -2.15. The average Bonchev–Trinajstić information content (AvgIpc) is 3.11. The van der Waals surface area contributed by atoms with Crippen molar-refractivity contribution in [3.05, 3.63) is 66.1 Å². The zero-order valence-electron chi connectivity index (χ0n) is 12.8. The molecule has 24 heavy (non-hydrogen) atoms. The van der Waals surface area contributed by atoms with E-state index in [0.717, 1.165) is 22.9 Å². The molecule has 4 aromatic rings. The van der Waals surface area contributed by atoms with Crippen molar-refractivity contribution in [3.8, 4) is 11.3 Å². The predicted octanol–water partition coefficient (Wildman–Crippen LogP) is 3.61. The van der Waals surface area contributed by atoms with Gasteiger partial charge in [-0.15, -0.1) is 0 Å². The van der Waals surface area contributed by atoms with Gasteiger partial charge in [0.2, 0.25) is 0 Å². The number of nitrogens with zero attached hydrogens (tertiary/aromatic N) is 6. The second-order valence-corrected chi connectivity index (χ2v) is 5.61. The second kappa shape index (κ2) is 5.90. The maximum absolute atomic E-state index is 6.34. The van der Waals surface area contributed by atoms with Crippen LogP contribution < -0.4 is 4.90 Å². The van der Waals surface area contributed by atoms with E-state index < -0.39 is 0 Å². The first-order chi connectivity index (χ1) is 11.7. The molecule has 0 spiro atoms. The largest absolute Gasteiger partial charge is 0.314 e. The van der Waals surface area contributed by atoms with Crippen molar-refractivity contribution in [1.82, 2.24) is 24.6 Å². The lowest BCUT2D eigenvalue weighted by atomic mass is 10.1. The molecule has 6 nitrogen and oxygen atoms in total. The molecule has 3 heterocycles. The third-order valence-electron chi connectivity index (χ3n) is 3.73. The average molecular weight is 337 g/mol. The molecule has 4 rings (SSSR count). The fraction of sp³-hybridized carbons (Fsp3) is 0.0588. The summed E-state index contributed by atoms with van der Waals surface area (Å²) >= 11 is 6.34. The van der Waals surface area contributed by atoms with Gasteiger partial charge in [0.15, 0.2) is 0 Å². The Morgan fingerprint density at radius 2 is 1.83 bits per heavy atom. The SMILES string of the molecule is CN(c1ccc(Cl)c(-c2ccccc2)n1)c1ccnc2ncnn12. The molecular formula is C17H13ClN6. The van der Waals surface area contributed by atoms with Crippen LogP contribution >= 0.6 is 11.6 Å². The number of rotatable bonds is 3. The molecule has 0 N–H and O–H groups in total. The van der Waals surface area contributed by atoms with Gasteiger partial charge >= 0.3 is 0 Å². The van der Waals surface area contributed by atoms with Crippen LogP contribution in [0.3, 0.4) is 0 Å². The highest BCUT2D eigenvalue weighted by Crippen LogP contribution is 2.30. The lowest BCUT2D eigenvalue weighted by Gasteiger charge is -2.19. The van der Waals surface area contributed by atoms with E-state index in [9.17, 15) is 0 Å². The molecule has 0 radical (unpaired) electrons. The summed E-state index contributed by atoms with van der Waals surface area (Å²) in [7, 11) is 1.92. The number of pyridine rings is 1. The van der Waals surface area contributed by atoms with Gasteiger partial charge in [0.25, 0.3) is 5.78 Å². The predicted molar refractivity (Wildman–Crippen MR) is 93.5 cm³/mol. The first-order valence-electron chi connectivity index (χ1n) is 7.34. The van der Waals surface area contributed by atoms with Gasteiger partial charge in [-0.1, -0.05) is 41.9 Å². The van der Waals surface area contributed by atoms with Crippen LogP contribution in [0, 0.1) is 0 Å². The minimum atomic E-state index is 0.539. The minimum Gasteiger partial charge on any atom is -0.314 e. The van der Waals surface area contributed by atoms with Crippen molar-refractivity contribution in [3.63, 3.8) is 0 Å². The summed E-state index contributed by atoms with van der Waals surface area (Å²) in [6.07, 6.45) is 3.17. The van der Waals surface area contributed by atoms with Gasteiger partial charge < -0.3 is 4.90 Å². The maximum atomic E-state index is 6.34. The normalized spacial score (nSPS) is 10.9. The maximum Gasteiger partial charge on any atom is 0.254 e. The standard InChI is InChI=1S/C17H13ClN6/c1-23(15-9-10-19-17-20-11-21-24(15)17)14-8-7-13(18)16(22-14)12-5-3-2-4-6-12/h2-11H,1H3. The molecule has 0 amide bonds. The van der Waals surface area contributed by atoms with E-state index in [-0.39, 0.29) is 0 Å². The third kappa shape index (κ3) is 2.47. The number of aromatic nitrogens is 5. The summed E-state index contributed by atoms with van der Waals surface area (Å²) in [5.74, 6) is 2.10. The number of benzene rings is 1. The Hall–Kier alpha value is -2.99. The summed E-state index contributed by atoms with van der Waals surface area (Å²) < 4.78 is 1.67. The van der Waals surface area contributed by atoms with Crippen LogP contribution in [0.2, 0.25) is 5.02 Å².